The molecule has 27 heavy (non-hydrogen) atoms. The molecule has 0 bridgehead atoms. The highest BCUT2D eigenvalue weighted by Gasteiger charge is 2.52. The number of carbonyl (C=O) groups is 1. The summed E-state index contributed by atoms with van der Waals surface area (Å²) in [5, 5.41) is 9.20. The van der Waals surface area contributed by atoms with Crippen molar-refractivity contribution in [3.63, 3.8) is 0 Å². The van der Waals surface area contributed by atoms with E-state index in [1.165, 1.54) is 4.31 Å². The van der Waals surface area contributed by atoms with Crippen LogP contribution in [0.5, 0.6) is 0 Å². The number of sulfonamides is 1. The van der Waals surface area contributed by atoms with Crippen LogP contribution in [0.3, 0.4) is 0 Å². The highest BCUT2D eigenvalue weighted by molar-refractivity contribution is 7.89. The quantitative estimate of drug-likeness (QED) is 0.591. The number of H-pyrrole nitrogens is 1. The number of carbonyl (C=O) groups excluding carboxylic acids is 1. The first kappa shape index (κ1) is 19.3. The largest absolute Gasteiger partial charge is 0.367 e. The van der Waals surface area contributed by atoms with E-state index in [9.17, 15) is 13.2 Å². The first-order valence-corrected chi connectivity index (χ1v) is 10.4. The number of nitrogens with one attached hydrogen (secondary N) is 2. The van der Waals surface area contributed by atoms with Gasteiger partial charge in [0.05, 0.1) is 17.7 Å². The molecule has 0 unspecified atom stereocenters. The number of hydrogen-bond acceptors (Lipinski definition) is 6. The third kappa shape index (κ3) is 4.28. The Kier molecular flexibility index (Phi) is 5.47. The third-order valence-corrected chi connectivity index (χ3v) is 6.62. The molecule has 1 saturated heterocycles. The van der Waals surface area contributed by atoms with Crippen molar-refractivity contribution >= 4 is 21.9 Å². The Hall–Kier alpha value is -2.46. The maximum atomic E-state index is 12.9. The first-order chi connectivity index (χ1) is 12.8. The van der Waals surface area contributed by atoms with E-state index in [1.807, 2.05) is 37.3 Å². The molecule has 0 spiro atoms. The van der Waals surface area contributed by atoms with E-state index in [0.29, 0.717) is 18.7 Å². The fourth-order valence-corrected chi connectivity index (χ4v) is 4.94. The van der Waals surface area contributed by atoms with Gasteiger partial charge in [0.15, 0.2) is 0 Å². The first-order valence-electron chi connectivity index (χ1n) is 8.81. The average molecular weight is 392 g/mol. The number of benzene rings is 1. The SMILES string of the molecule is CCCS(=O)(=O)N1CC(Cc2ccccc2)(C(=O)NCc2nc(N)n[nH]2)C1. The highest BCUT2D eigenvalue weighted by Crippen LogP contribution is 2.36. The van der Waals surface area contributed by atoms with Crippen LogP contribution in [0.4, 0.5) is 5.95 Å². The number of hydrogen-bond donors (Lipinski definition) is 3. The van der Waals surface area contributed by atoms with Gasteiger partial charge in [0.2, 0.25) is 21.9 Å². The summed E-state index contributed by atoms with van der Waals surface area (Å²) in [6.45, 7) is 2.33. The van der Waals surface area contributed by atoms with Gasteiger partial charge in [-0.05, 0) is 18.4 Å². The van der Waals surface area contributed by atoms with Crippen LogP contribution in [0, 0.1) is 5.41 Å². The Morgan fingerprint density at radius 2 is 2.04 bits per heavy atom. The van der Waals surface area contributed by atoms with Gasteiger partial charge in [-0.25, -0.2) is 8.42 Å². The summed E-state index contributed by atoms with van der Waals surface area (Å²) in [6.07, 6.45) is 1.01. The van der Waals surface area contributed by atoms with Crippen molar-refractivity contribution in [3.8, 4) is 0 Å². The summed E-state index contributed by atoms with van der Waals surface area (Å²) >= 11 is 0. The molecule has 1 aromatic heterocycles. The van der Waals surface area contributed by atoms with Crippen LogP contribution < -0.4 is 11.1 Å². The standard InChI is InChI=1S/C17H24N6O3S/c1-2-8-27(25,26)23-11-17(12-23,9-13-6-4-3-5-7-13)15(24)19-10-14-20-16(18)22-21-14/h3-7H,2,8-12H2,1H3,(H,19,24)(H3,18,20,21,22). The summed E-state index contributed by atoms with van der Waals surface area (Å²) in [5.74, 6) is 0.446. The van der Waals surface area contributed by atoms with Crippen molar-refractivity contribution in [1.82, 2.24) is 24.8 Å². The molecule has 1 amide bonds. The minimum atomic E-state index is -3.33. The van der Waals surface area contributed by atoms with Crippen molar-refractivity contribution in [1.29, 1.82) is 0 Å². The van der Waals surface area contributed by atoms with Crippen LogP contribution in [-0.2, 0) is 27.8 Å². The Balaban J connectivity index is 1.73. The van der Waals surface area contributed by atoms with Crippen LogP contribution in [0.15, 0.2) is 30.3 Å². The van der Waals surface area contributed by atoms with Gasteiger partial charge < -0.3 is 11.1 Å². The monoisotopic (exact) mass is 392 g/mol. The fraction of sp³-hybridized carbons (Fsp3) is 0.471. The Labute approximate surface area is 158 Å². The number of aromatic nitrogens is 3. The minimum Gasteiger partial charge on any atom is -0.367 e. The number of nitrogens with zero attached hydrogens (tertiary/aromatic N) is 3. The average Bonchev–Trinajstić information content (AvgIpc) is 3.01. The van der Waals surface area contributed by atoms with Crippen LogP contribution in [-0.4, -0.2) is 52.7 Å². The lowest BCUT2D eigenvalue weighted by molar-refractivity contribution is -0.137. The molecule has 4 N–H and O–H groups in total. The molecule has 0 aliphatic carbocycles. The van der Waals surface area contributed by atoms with E-state index < -0.39 is 15.4 Å². The summed E-state index contributed by atoms with van der Waals surface area (Å²) in [6, 6.07) is 9.60. The van der Waals surface area contributed by atoms with Gasteiger partial charge in [0.25, 0.3) is 0 Å². The van der Waals surface area contributed by atoms with Crippen molar-refractivity contribution in [2.75, 3.05) is 24.6 Å². The fourth-order valence-electron chi connectivity index (χ4n) is 3.28. The lowest BCUT2D eigenvalue weighted by atomic mass is 9.75. The zero-order valence-electron chi connectivity index (χ0n) is 15.2. The molecule has 9 nitrogen and oxygen atoms in total. The van der Waals surface area contributed by atoms with Crippen molar-refractivity contribution in [3.05, 3.63) is 41.7 Å². The lowest BCUT2D eigenvalue weighted by Crippen LogP contribution is -2.65. The molecule has 0 radical (unpaired) electrons. The number of nitrogen functional groups attached to an aromatic ring is 1. The summed E-state index contributed by atoms with van der Waals surface area (Å²) in [4.78, 5) is 16.9. The smallest absolute Gasteiger partial charge is 0.239 e. The van der Waals surface area contributed by atoms with Crippen LogP contribution >= 0.6 is 0 Å². The van der Waals surface area contributed by atoms with E-state index in [1.54, 1.807) is 0 Å². The second-order valence-corrected chi connectivity index (χ2v) is 8.94. The van der Waals surface area contributed by atoms with Crippen molar-refractivity contribution in [2.45, 2.75) is 26.3 Å². The van der Waals surface area contributed by atoms with Gasteiger partial charge in [-0.2, -0.15) is 9.29 Å². The van der Waals surface area contributed by atoms with Gasteiger partial charge in [-0.3, -0.25) is 9.89 Å². The topological polar surface area (TPSA) is 134 Å². The molecular formula is C17H24N6O3S. The Bertz CT molecular complexity index is 890. The second kappa shape index (κ2) is 7.65. The number of rotatable bonds is 8. The van der Waals surface area contributed by atoms with Crippen LogP contribution in [0.2, 0.25) is 0 Å². The molecule has 0 saturated carbocycles. The van der Waals surface area contributed by atoms with Crippen LogP contribution in [0.1, 0.15) is 24.7 Å². The Morgan fingerprint density at radius 1 is 1.33 bits per heavy atom. The van der Waals surface area contributed by atoms with Crippen molar-refractivity contribution < 1.29 is 13.2 Å². The molecule has 2 heterocycles. The summed E-state index contributed by atoms with van der Waals surface area (Å²) < 4.78 is 26.0. The van der Waals surface area contributed by atoms with Gasteiger partial charge in [0.1, 0.15) is 5.82 Å². The van der Waals surface area contributed by atoms with Gasteiger partial charge in [-0.1, -0.05) is 37.3 Å². The van der Waals surface area contributed by atoms with E-state index in [-0.39, 0.29) is 37.2 Å². The summed E-state index contributed by atoms with van der Waals surface area (Å²) in [7, 11) is -3.33. The molecule has 1 aliphatic rings. The molecule has 1 aromatic carbocycles. The normalized spacial score (nSPS) is 16.6. The maximum Gasteiger partial charge on any atom is 0.239 e. The molecule has 1 aliphatic heterocycles. The molecule has 1 fully saturated rings. The zero-order chi connectivity index (χ0) is 19.5. The maximum absolute atomic E-state index is 12.9. The van der Waals surface area contributed by atoms with Gasteiger partial charge >= 0.3 is 0 Å². The number of aromatic amines is 1. The van der Waals surface area contributed by atoms with Crippen LogP contribution in [0.25, 0.3) is 0 Å². The number of nitrogens with two attached hydrogens (primary N) is 1. The van der Waals surface area contributed by atoms with E-state index in [2.05, 4.69) is 20.5 Å². The molecule has 10 heteroatoms. The van der Waals surface area contributed by atoms with E-state index >= 15 is 0 Å². The Morgan fingerprint density at radius 3 is 2.63 bits per heavy atom. The summed E-state index contributed by atoms with van der Waals surface area (Å²) in [5.41, 5.74) is 5.66. The number of amides is 1. The van der Waals surface area contributed by atoms with Crippen molar-refractivity contribution in [2.24, 2.45) is 5.41 Å². The number of anilines is 1. The second-order valence-electron chi connectivity index (χ2n) is 6.85. The van der Waals surface area contributed by atoms with E-state index in [4.69, 9.17) is 5.73 Å². The highest BCUT2D eigenvalue weighted by atomic mass is 32.2. The van der Waals surface area contributed by atoms with Gasteiger partial charge in [-0.15, -0.1) is 5.10 Å². The van der Waals surface area contributed by atoms with Gasteiger partial charge in [0, 0.05) is 13.1 Å². The predicted octanol–water partition coefficient (Wildman–Crippen LogP) is 0.288. The third-order valence-electron chi connectivity index (χ3n) is 4.65. The zero-order valence-corrected chi connectivity index (χ0v) is 16.0. The molecule has 3 rings (SSSR count). The molecule has 0 atom stereocenters. The predicted molar refractivity (Wildman–Crippen MR) is 101 cm³/mol. The molecular weight excluding hydrogens is 368 g/mol. The lowest BCUT2D eigenvalue weighted by Gasteiger charge is -2.48. The minimum absolute atomic E-state index is 0.0907. The molecule has 2 aromatic rings. The molecule has 146 valence electrons. The van der Waals surface area contributed by atoms with E-state index in [0.717, 1.165) is 5.56 Å².